The van der Waals surface area contributed by atoms with Crippen molar-refractivity contribution < 1.29 is 18.9 Å². The molecular weight excluding hydrogens is 310 g/mol. The van der Waals surface area contributed by atoms with Gasteiger partial charge in [-0.1, -0.05) is 24.3 Å². The normalized spacial score (nSPS) is 11.5. The van der Waals surface area contributed by atoms with Gasteiger partial charge in [-0.15, -0.1) is 10.2 Å². The highest BCUT2D eigenvalue weighted by atomic mass is 19.1. The molecule has 122 valence electrons. The standard InChI is InChI=1S/C17H16BFN2O3/c1-17(2,19)13-5-3-4-12(10-13)16-21-20-15(24-16)11-6-8-14(9-7-11)18(22)23/h3-10,22-23H,1-2H3. The molecular formula is C17H16BFN2O3. The van der Waals surface area contributed by atoms with E-state index in [0.29, 0.717) is 33.9 Å². The van der Waals surface area contributed by atoms with Gasteiger partial charge in [-0.05, 0) is 49.1 Å². The van der Waals surface area contributed by atoms with Crippen molar-refractivity contribution in [3.63, 3.8) is 0 Å². The SMILES string of the molecule is CC(C)(F)c1cccc(-c2nnc(-c3ccc(B(O)O)cc3)o2)c1. The average molecular weight is 326 g/mol. The summed E-state index contributed by atoms with van der Waals surface area (Å²) >= 11 is 0. The van der Waals surface area contributed by atoms with E-state index < -0.39 is 12.8 Å². The van der Waals surface area contributed by atoms with E-state index in [4.69, 9.17) is 14.5 Å². The molecule has 0 aliphatic rings. The van der Waals surface area contributed by atoms with Crippen LogP contribution in [-0.4, -0.2) is 27.4 Å². The highest BCUT2D eigenvalue weighted by molar-refractivity contribution is 6.58. The molecule has 7 heteroatoms. The molecule has 0 spiro atoms. The summed E-state index contributed by atoms with van der Waals surface area (Å²) in [6.45, 7) is 2.98. The largest absolute Gasteiger partial charge is 0.488 e. The molecule has 3 aromatic rings. The van der Waals surface area contributed by atoms with Crippen molar-refractivity contribution in [2.45, 2.75) is 19.5 Å². The molecule has 0 fully saturated rings. The van der Waals surface area contributed by atoms with Gasteiger partial charge in [-0.2, -0.15) is 0 Å². The van der Waals surface area contributed by atoms with Gasteiger partial charge in [0.15, 0.2) is 0 Å². The summed E-state index contributed by atoms with van der Waals surface area (Å²) in [4.78, 5) is 0. The Hall–Kier alpha value is -2.51. The molecule has 24 heavy (non-hydrogen) atoms. The number of aromatic nitrogens is 2. The van der Waals surface area contributed by atoms with Crippen molar-refractivity contribution in [2.24, 2.45) is 0 Å². The minimum atomic E-state index is -1.52. The fraction of sp³-hybridized carbons (Fsp3) is 0.176. The van der Waals surface area contributed by atoms with Crippen LogP contribution in [0.5, 0.6) is 0 Å². The summed E-state index contributed by atoms with van der Waals surface area (Å²) < 4.78 is 19.7. The van der Waals surface area contributed by atoms with Gasteiger partial charge in [-0.25, -0.2) is 4.39 Å². The van der Waals surface area contributed by atoms with Crippen LogP contribution in [0.4, 0.5) is 4.39 Å². The summed E-state index contributed by atoms with van der Waals surface area (Å²) in [6, 6.07) is 13.4. The van der Waals surface area contributed by atoms with Gasteiger partial charge in [0.2, 0.25) is 11.8 Å². The predicted molar refractivity (Wildman–Crippen MR) is 89.1 cm³/mol. The lowest BCUT2D eigenvalue weighted by atomic mass is 9.80. The van der Waals surface area contributed by atoms with Crippen molar-refractivity contribution in [3.05, 3.63) is 54.1 Å². The highest BCUT2D eigenvalue weighted by Gasteiger charge is 2.20. The Morgan fingerprint density at radius 1 is 0.958 bits per heavy atom. The summed E-state index contributed by atoms with van der Waals surface area (Å²) in [7, 11) is -1.52. The van der Waals surface area contributed by atoms with E-state index in [2.05, 4.69) is 10.2 Å². The van der Waals surface area contributed by atoms with Gasteiger partial charge in [0.1, 0.15) is 5.67 Å². The highest BCUT2D eigenvalue weighted by Crippen LogP contribution is 2.29. The van der Waals surface area contributed by atoms with E-state index in [1.54, 1.807) is 48.5 Å². The van der Waals surface area contributed by atoms with E-state index in [0.717, 1.165) is 0 Å². The molecule has 0 saturated heterocycles. The number of alkyl halides is 1. The molecule has 2 N–H and O–H groups in total. The lowest BCUT2D eigenvalue weighted by Crippen LogP contribution is -2.29. The Labute approximate surface area is 138 Å². The van der Waals surface area contributed by atoms with Crippen LogP contribution in [0.2, 0.25) is 0 Å². The zero-order chi connectivity index (χ0) is 17.3. The molecule has 1 aromatic heterocycles. The van der Waals surface area contributed by atoms with Crippen LogP contribution in [0.25, 0.3) is 22.9 Å². The lowest BCUT2D eigenvalue weighted by molar-refractivity contribution is 0.221. The third-order valence-corrected chi connectivity index (χ3v) is 3.68. The minimum Gasteiger partial charge on any atom is -0.423 e. The van der Waals surface area contributed by atoms with E-state index in [1.807, 2.05) is 0 Å². The first-order chi connectivity index (χ1) is 11.3. The Morgan fingerprint density at radius 3 is 2.17 bits per heavy atom. The van der Waals surface area contributed by atoms with Gasteiger partial charge in [-0.3, -0.25) is 0 Å². The van der Waals surface area contributed by atoms with Gasteiger partial charge in [0.05, 0.1) is 0 Å². The molecule has 0 aliphatic heterocycles. The molecule has 0 radical (unpaired) electrons. The van der Waals surface area contributed by atoms with Crippen molar-refractivity contribution >= 4 is 12.6 Å². The maximum Gasteiger partial charge on any atom is 0.488 e. The molecule has 1 heterocycles. The first-order valence-corrected chi connectivity index (χ1v) is 7.44. The molecule has 0 unspecified atom stereocenters. The van der Waals surface area contributed by atoms with Crippen molar-refractivity contribution in [3.8, 4) is 22.9 Å². The summed E-state index contributed by atoms with van der Waals surface area (Å²) in [5.41, 5.74) is 0.733. The lowest BCUT2D eigenvalue weighted by Gasteiger charge is -2.14. The Morgan fingerprint density at radius 2 is 1.58 bits per heavy atom. The molecule has 5 nitrogen and oxygen atoms in total. The second kappa shape index (κ2) is 6.18. The average Bonchev–Trinajstić information content (AvgIpc) is 3.04. The number of benzene rings is 2. The number of rotatable bonds is 4. The van der Waals surface area contributed by atoms with Gasteiger partial charge in [0.25, 0.3) is 0 Å². The van der Waals surface area contributed by atoms with Crippen LogP contribution in [-0.2, 0) is 5.67 Å². The molecule has 0 atom stereocenters. The first-order valence-electron chi connectivity index (χ1n) is 7.44. The summed E-state index contributed by atoms with van der Waals surface area (Å²) in [5.74, 6) is 0.594. The first kappa shape index (κ1) is 16.4. The smallest absolute Gasteiger partial charge is 0.423 e. The molecule has 2 aromatic carbocycles. The van der Waals surface area contributed by atoms with Crippen LogP contribution >= 0.6 is 0 Å². The molecule has 0 amide bonds. The summed E-state index contributed by atoms with van der Waals surface area (Å²) in [6.07, 6.45) is 0. The minimum absolute atomic E-state index is 0.294. The number of halogens is 1. The van der Waals surface area contributed by atoms with E-state index in [9.17, 15) is 4.39 Å². The molecule has 0 aliphatic carbocycles. The Balaban J connectivity index is 1.91. The van der Waals surface area contributed by atoms with E-state index >= 15 is 0 Å². The molecule has 3 rings (SSSR count). The van der Waals surface area contributed by atoms with Crippen LogP contribution in [0.3, 0.4) is 0 Å². The van der Waals surface area contributed by atoms with Crippen LogP contribution in [0, 0.1) is 0 Å². The van der Waals surface area contributed by atoms with Crippen molar-refractivity contribution in [2.75, 3.05) is 0 Å². The molecule has 0 saturated carbocycles. The number of hydrogen-bond acceptors (Lipinski definition) is 5. The van der Waals surface area contributed by atoms with E-state index in [-0.39, 0.29) is 0 Å². The zero-order valence-electron chi connectivity index (χ0n) is 13.3. The monoisotopic (exact) mass is 326 g/mol. The van der Waals surface area contributed by atoms with Gasteiger partial charge < -0.3 is 14.5 Å². The third kappa shape index (κ3) is 3.37. The second-order valence-electron chi connectivity index (χ2n) is 5.96. The van der Waals surface area contributed by atoms with Crippen LogP contribution in [0.1, 0.15) is 19.4 Å². The van der Waals surface area contributed by atoms with E-state index in [1.165, 1.54) is 13.8 Å². The maximum atomic E-state index is 14.1. The van der Waals surface area contributed by atoms with Gasteiger partial charge in [0, 0.05) is 11.1 Å². The zero-order valence-corrected chi connectivity index (χ0v) is 13.3. The molecule has 0 bridgehead atoms. The number of nitrogens with zero attached hydrogens (tertiary/aromatic N) is 2. The summed E-state index contributed by atoms with van der Waals surface area (Å²) in [5, 5.41) is 26.2. The second-order valence-corrected chi connectivity index (χ2v) is 5.96. The van der Waals surface area contributed by atoms with Gasteiger partial charge >= 0.3 is 7.12 Å². The third-order valence-electron chi connectivity index (χ3n) is 3.68. The van der Waals surface area contributed by atoms with Crippen molar-refractivity contribution in [1.82, 2.24) is 10.2 Å². The maximum absolute atomic E-state index is 14.1. The predicted octanol–water partition coefficient (Wildman–Crippen LogP) is 2.29. The number of hydrogen-bond donors (Lipinski definition) is 2. The quantitative estimate of drug-likeness (QED) is 0.719. The van der Waals surface area contributed by atoms with Crippen molar-refractivity contribution in [1.29, 1.82) is 0 Å². The fourth-order valence-corrected chi connectivity index (χ4v) is 2.28. The van der Waals surface area contributed by atoms with Crippen LogP contribution < -0.4 is 5.46 Å². The Kier molecular flexibility index (Phi) is 4.21. The topological polar surface area (TPSA) is 79.4 Å². The Bertz CT molecular complexity index is 842. The van der Waals surface area contributed by atoms with Crippen LogP contribution in [0.15, 0.2) is 52.9 Å². The fourth-order valence-electron chi connectivity index (χ4n) is 2.28.